The van der Waals surface area contributed by atoms with Crippen LogP contribution in [-0.4, -0.2) is 18.3 Å². The zero-order valence-electron chi connectivity index (χ0n) is 12.8. The van der Waals surface area contributed by atoms with Crippen LogP contribution >= 0.6 is 11.8 Å². The van der Waals surface area contributed by atoms with Crippen LogP contribution in [0.1, 0.15) is 52.4 Å². The van der Waals surface area contributed by atoms with E-state index >= 15 is 0 Å². The first kappa shape index (κ1) is 17.5. The van der Waals surface area contributed by atoms with Gasteiger partial charge in [0.1, 0.15) is 5.82 Å². The molecule has 0 saturated heterocycles. The monoisotopic (exact) mass is 297 g/mol. The van der Waals surface area contributed by atoms with Crippen LogP contribution in [0.3, 0.4) is 0 Å². The predicted molar refractivity (Wildman–Crippen MR) is 88.0 cm³/mol. The Morgan fingerprint density at radius 3 is 2.60 bits per heavy atom. The molecule has 0 spiro atoms. The molecule has 0 fully saturated rings. The molecule has 1 N–H and O–H groups in total. The van der Waals surface area contributed by atoms with Crippen LogP contribution in [0.2, 0.25) is 0 Å². The van der Waals surface area contributed by atoms with Gasteiger partial charge in [-0.15, -0.1) is 11.8 Å². The summed E-state index contributed by atoms with van der Waals surface area (Å²) in [7, 11) is 0. The molecule has 0 heterocycles. The van der Waals surface area contributed by atoms with E-state index in [0.717, 1.165) is 23.6 Å². The zero-order valence-corrected chi connectivity index (χ0v) is 13.6. The molecule has 1 atom stereocenters. The average Bonchev–Trinajstić information content (AvgIpc) is 2.47. The highest BCUT2D eigenvalue weighted by molar-refractivity contribution is 7.99. The first-order valence-corrected chi connectivity index (χ1v) is 8.87. The number of hydrogen-bond acceptors (Lipinski definition) is 2. The highest BCUT2D eigenvalue weighted by Crippen LogP contribution is 2.23. The topological polar surface area (TPSA) is 12.0 Å². The van der Waals surface area contributed by atoms with Gasteiger partial charge >= 0.3 is 0 Å². The van der Waals surface area contributed by atoms with Crippen LogP contribution < -0.4 is 5.32 Å². The number of hydrogen-bond donors (Lipinski definition) is 1. The van der Waals surface area contributed by atoms with E-state index in [9.17, 15) is 4.39 Å². The summed E-state index contributed by atoms with van der Waals surface area (Å²) in [5.74, 6) is 0.852. The SMILES string of the molecule is CCCCCCC(CSc1ccccc1F)NCCC. The molecule has 20 heavy (non-hydrogen) atoms. The van der Waals surface area contributed by atoms with Crippen LogP contribution in [-0.2, 0) is 0 Å². The summed E-state index contributed by atoms with van der Waals surface area (Å²) in [5, 5.41) is 3.59. The predicted octanol–water partition coefficient (Wildman–Crippen LogP) is 5.26. The maximum absolute atomic E-state index is 13.6. The van der Waals surface area contributed by atoms with Gasteiger partial charge in [0.05, 0.1) is 0 Å². The highest BCUT2D eigenvalue weighted by Gasteiger charge is 2.10. The van der Waals surface area contributed by atoms with Crippen LogP contribution in [0.5, 0.6) is 0 Å². The summed E-state index contributed by atoms with van der Waals surface area (Å²) in [6.45, 7) is 5.47. The summed E-state index contributed by atoms with van der Waals surface area (Å²) in [6.07, 6.45) is 7.52. The van der Waals surface area contributed by atoms with Crippen LogP contribution in [0.25, 0.3) is 0 Å². The number of halogens is 1. The van der Waals surface area contributed by atoms with Gasteiger partial charge in [-0.05, 0) is 31.5 Å². The lowest BCUT2D eigenvalue weighted by molar-refractivity contribution is 0.488. The van der Waals surface area contributed by atoms with E-state index in [4.69, 9.17) is 0 Å². The third-order valence-corrected chi connectivity index (χ3v) is 4.58. The molecule has 0 aromatic heterocycles. The number of thioether (sulfide) groups is 1. The molecular weight excluding hydrogens is 269 g/mol. The molecule has 0 saturated carbocycles. The lowest BCUT2D eigenvalue weighted by atomic mass is 10.1. The molecular formula is C17H28FNS. The van der Waals surface area contributed by atoms with Crippen molar-refractivity contribution in [2.45, 2.75) is 63.3 Å². The summed E-state index contributed by atoms with van der Waals surface area (Å²) in [6, 6.07) is 7.56. The lowest BCUT2D eigenvalue weighted by Gasteiger charge is -2.18. The van der Waals surface area contributed by atoms with Gasteiger partial charge in [0, 0.05) is 16.7 Å². The van der Waals surface area contributed by atoms with Crippen molar-refractivity contribution < 1.29 is 4.39 Å². The number of unbranched alkanes of at least 4 members (excludes halogenated alkanes) is 3. The largest absolute Gasteiger partial charge is 0.313 e. The quantitative estimate of drug-likeness (QED) is 0.442. The molecule has 0 aliphatic carbocycles. The standard InChI is InChI=1S/C17H28FNS/c1-3-5-6-7-10-15(19-13-4-2)14-20-17-12-9-8-11-16(17)18/h8-9,11-12,15,19H,3-7,10,13-14H2,1-2H3. The Kier molecular flexibility index (Phi) is 9.77. The maximum Gasteiger partial charge on any atom is 0.136 e. The van der Waals surface area contributed by atoms with E-state index in [1.165, 1.54) is 38.2 Å². The van der Waals surface area contributed by atoms with Crippen molar-refractivity contribution in [1.29, 1.82) is 0 Å². The van der Waals surface area contributed by atoms with E-state index in [2.05, 4.69) is 19.2 Å². The molecule has 3 heteroatoms. The van der Waals surface area contributed by atoms with E-state index in [1.807, 2.05) is 12.1 Å². The Bertz CT molecular complexity index is 357. The third-order valence-electron chi connectivity index (χ3n) is 3.37. The molecule has 0 aliphatic rings. The summed E-state index contributed by atoms with van der Waals surface area (Å²) < 4.78 is 13.6. The van der Waals surface area contributed by atoms with Crippen molar-refractivity contribution >= 4 is 11.8 Å². The molecule has 1 nitrogen and oxygen atoms in total. The van der Waals surface area contributed by atoms with Crippen LogP contribution in [0.4, 0.5) is 4.39 Å². The van der Waals surface area contributed by atoms with Gasteiger partial charge in [-0.25, -0.2) is 4.39 Å². The fourth-order valence-electron chi connectivity index (χ4n) is 2.16. The van der Waals surface area contributed by atoms with Gasteiger partial charge in [-0.1, -0.05) is 51.7 Å². The second-order valence-electron chi connectivity index (χ2n) is 5.24. The van der Waals surface area contributed by atoms with Crippen molar-refractivity contribution in [3.8, 4) is 0 Å². The molecule has 0 radical (unpaired) electrons. The summed E-state index contributed by atoms with van der Waals surface area (Å²) in [5.41, 5.74) is 0. The zero-order chi connectivity index (χ0) is 14.6. The molecule has 0 aliphatic heterocycles. The van der Waals surface area contributed by atoms with E-state index in [-0.39, 0.29) is 5.82 Å². The van der Waals surface area contributed by atoms with Gasteiger partial charge in [0.2, 0.25) is 0 Å². The number of nitrogens with one attached hydrogen (secondary N) is 1. The second-order valence-corrected chi connectivity index (χ2v) is 6.30. The minimum atomic E-state index is -0.0993. The molecule has 1 aromatic carbocycles. The normalized spacial score (nSPS) is 12.6. The van der Waals surface area contributed by atoms with Crippen LogP contribution in [0.15, 0.2) is 29.2 Å². The third kappa shape index (κ3) is 7.30. The van der Waals surface area contributed by atoms with E-state index in [0.29, 0.717) is 6.04 Å². The van der Waals surface area contributed by atoms with Crippen LogP contribution in [0, 0.1) is 5.82 Å². The Morgan fingerprint density at radius 2 is 1.90 bits per heavy atom. The van der Waals surface area contributed by atoms with Gasteiger partial charge in [-0.3, -0.25) is 0 Å². The summed E-state index contributed by atoms with van der Waals surface area (Å²) in [4.78, 5) is 0.768. The van der Waals surface area contributed by atoms with Gasteiger partial charge < -0.3 is 5.32 Å². The van der Waals surface area contributed by atoms with Crippen molar-refractivity contribution in [3.05, 3.63) is 30.1 Å². The molecule has 1 rings (SSSR count). The van der Waals surface area contributed by atoms with Crippen molar-refractivity contribution in [3.63, 3.8) is 0 Å². The van der Waals surface area contributed by atoms with Gasteiger partial charge in [-0.2, -0.15) is 0 Å². The second kappa shape index (κ2) is 11.2. The molecule has 1 aromatic rings. The van der Waals surface area contributed by atoms with Crippen molar-refractivity contribution in [1.82, 2.24) is 5.32 Å². The van der Waals surface area contributed by atoms with Gasteiger partial charge in [0.25, 0.3) is 0 Å². The van der Waals surface area contributed by atoms with E-state index < -0.39 is 0 Å². The minimum absolute atomic E-state index is 0.0993. The smallest absolute Gasteiger partial charge is 0.136 e. The first-order valence-electron chi connectivity index (χ1n) is 7.88. The Labute approximate surface area is 127 Å². The molecule has 0 amide bonds. The fraction of sp³-hybridized carbons (Fsp3) is 0.647. The average molecular weight is 297 g/mol. The number of benzene rings is 1. The van der Waals surface area contributed by atoms with Crippen molar-refractivity contribution in [2.24, 2.45) is 0 Å². The Hall–Kier alpha value is -0.540. The molecule has 0 bridgehead atoms. The molecule has 114 valence electrons. The maximum atomic E-state index is 13.6. The van der Waals surface area contributed by atoms with E-state index in [1.54, 1.807) is 17.8 Å². The highest BCUT2D eigenvalue weighted by atomic mass is 32.2. The minimum Gasteiger partial charge on any atom is -0.313 e. The Morgan fingerprint density at radius 1 is 1.10 bits per heavy atom. The lowest BCUT2D eigenvalue weighted by Crippen LogP contribution is -2.32. The summed E-state index contributed by atoms with van der Waals surface area (Å²) >= 11 is 1.63. The molecule has 1 unspecified atom stereocenters. The number of rotatable bonds is 11. The van der Waals surface area contributed by atoms with Crippen molar-refractivity contribution in [2.75, 3.05) is 12.3 Å². The fourth-order valence-corrected chi connectivity index (χ4v) is 3.21. The Balaban J connectivity index is 2.37. The first-order chi connectivity index (χ1) is 9.77. The van der Waals surface area contributed by atoms with Gasteiger partial charge in [0.15, 0.2) is 0 Å².